The number of rotatable bonds is 2. The minimum atomic E-state index is -0.288. The fourth-order valence-corrected chi connectivity index (χ4v) is 2.15. The zero-order valence-corrected chi connectivity index (χ0v) is 10.9. The predicted molar refractivity (Wildman–Crippen MR) is 75.9 cm³/mol. The Morgan fingerprint density at radius 1 is 1.15 bits per heavy atom. The van der Waals surface area contributed by atoms with Gasteiger partial charge in [-0.3, -0.25) is 9.55 Å². The van der Waals surface area contributed by atoms with Crippen molar-refractivity contribution in [2.75, 3.05) is 5.73 Å². The van der Waals surface area contributed by atoms with Crippen LogP contribution in [0.5, 0.6) is 0 Å². The van der Waals surface area contributed by atoms with Gasteiger partial charge in [0.25, 0.3) is 0 Å². The fraction of sp³-hybridized carbons (Fsp3) is 0.0667. The molecule has 4 nitrogen and oxygen atoms in total. The lowest BCUT2D eigenvalue weighted by molar-refractivity contribution is 0.626. The van der Waals surface area contributed by atoms with Crippen LogP contribution in [0.1, 0.15) is 5.56 Å². The van der Waals surface area contributed by atoms with Crippen molar-refractivity contribution in [2.24, 2.45) is 0 Å². The van der Waals surface area contributed by atoms with Crippen LogP contribution in [-0.4, -0.2) is 14.5 Å². The molecule has 2 heterocycles. The molecule has 0 unspecified atom stereocenters. The molecule has 0 aliphatic heterocycles. The summed E-state index contributed by atoms with van der Waals surface area (Å²) in [6.45, 7) is 1.92. The highest BCUT2D eigenvalue weighted by atomic mass is 19.1. The predicted octanol–water partition coefficient (Wildman–Crippen LogP) is 2.96. The molecule has 2 N–H and O–H groups in total. The van der Waals surface area contributed by atoms with E-state index in [0.29, 0.717) is 5.69 Å². The van der Waals surface area contributed by atoms with Gasteiger partial charge in [-0.2, -0.15) is 0 Å². The Morgan fingerprint density at radius 2 is 2.00 bits per heavy atom. The number of imidazole rings is 1. The monoisotopic (exact) mass is 268 g/mol. The van der Waals surface area contributed by atoms with Crippen molar-refractivity contribution in [3.8, 4) is 16.9 Å². The van der Waals surface area contributed by atoms with E-state index in [-0.39, 0.29) is 5.82 Å². The van der Waals surface area contributed by atoms with Crippen LogP contribution in [0.15, 0.2) is 49.2 Å². The van der Waals surface area contributed by atoms with Crippen LogP contribution in [0.25, 0.3) is 16.9 Å². The Labute approximate surface area is 115 Å². The number of aryl methyl sites for hydroxylation is 1. The third-order valence-corrected chi connectivity index (χ3v) is 3.20. The molecular weight excluding hydrogens is 255 g/mol. The van der Waals surface area contributed by atoms with Crippen molar-refractivity contribution in [3.63, 3.8) is 0 Å². The molecule has 0 aliphatic carbocycles. The molecule has 0 spiro atoms. The number of nitrogen functional groups attached to an aromatic ring is 1. The summed E-state index contributed by atoms with van der Waals surface area (Å²) in [7, 11) is 0. The number of halogens is 1. The smallest absolute Gasteiger partial charge is 0.125 e. The summed E-state index contributed by atoms with van der Waals surface area (Å²) in [4.78, 5) is 8.23. The number of nitrogens with zero attached hydrogens (tertiary/aromatic N) is 3. The topological polar surface area (TPSA) is 56.7 Å². The first-order valence-electron chi connectivity index (χ1n) is 6.15. The van der Waals surface area contributed by atoms with Crippen LogP contribution in [0.3, 0.4) is 0 Å². The molecule has 100 valence electrons. The zero-order valence-electron chi connectivity index (χ0n) is 10.9. The molecule has 5 heteroatoms. The van der Waals surface area contributed by atoms with Gasteiger partial charge < -0.3 is 5.73 Å². The maximum absolute atomic E-state index is 13.5. The van der Waals surface area contributed by atoms with E-state index in [1.54, 1.807) is 37.1 Å². The summed E-state index contributed by atoms with van der Waals surface area (Å²) < 4.78 is 15.3. The molecule has 2 aromatic heterocycles. The second kappa shape index (κ2) is 4.77. The molecule has 0 fully saturated rings. The molecule has 0 saturated carbocycles. The molecule has 0 saturated heterocycles. The standard InChI is InChI=1S/C15H13FN4/c1-10-2-3-11(16)6-14(10)20-9-19-8-15(20)12-7-18-5-4-13(12)17/h2-9H,1H3,(H2,17,18). The van der Waals surface area contributed by atoms with Crippen LogP contribution in [0, 0.1) is 12.7 Å². The highest BCUT2D eigenvalue weighted by Gasteiger charge is 2.12. The lowest BCUT2D eigenvalue weighted by Gasteiger charge is -2.12. The van der Waals surface area contributed by atoms with E-state index < -0.39 is 0 Å². The molecule has 0 amide bonds. The van der Waals surface area contributed by atoms with Crippen LogP contribution in [0.4, 0.5) is 10.1 Å². The van der Waals surface area contributed by atoms with E-state index in [9.17, 15) is 4.39 Å². The first-order chi connectivity index (χ1) is 9.66. The maximum Gasteiger partial charge on any atom is 0.125 e. The summed E-state index contributed by atoms with van der Waals surface area (Å²) in [5, 5.41) is 0. The number of hydrogen-bond acceptors (Lipinski definition) is 3. The number of benzene rings is 1. The van der Waals surface area contributed by atoms with Crippen molar-refractivity contribution in [3.05, 3.63) is 60.6 Å². The molecule has 0 aliphatic rings. The van der Waals surface area contributed by atoms with E-state index >= 15 is 0 Å². The number of aromatic nitrogens is 3. The SMILES string of the molecule is Cc1ccc(F)cc1-n1cncc1-c1cnccc1N. The largest absolute Gasteiger partial charge is 0.398 e. The summed E-state index contributed by atoms with van der Waals surface area (Å²) in [5.74, 6) is -0.288. The summed E-state index contributed by atoms with van der Waals surface area (Å²) in [6.07, 6.45) is 6.64. The van der Waals surface area contributed by atoms with Crippen LogP contribution in [-0.2, 0) is 0 Å². The average molecular weight is 268 g/mol. The Morgan fingerprint density at radius 3 is 2.80 bits per heavy atom. The number of hydrogen-bond donors (Lipinski definition) is 1. The molecule has 3 rings (SSSR count). The van der Waals surface area contributed by atoms with E-state index in [0.717, 1.165) is 22.5 Å². The van der Waals surface area contributed by atoms with Crippen LogP contribution < -0.4 is 5.73 Å². The fourth-order valence-electron chi connectivity index (χ4n) is 2.15. The van der Waals surface area contributed by atoms with Crippen molar-refractivity contribution >= 4 is 5.69 Å². The van der Waals surface area contributed by atoms with E-state index in [2.05, 4.69) is 9.97 Å². The van der Waals surface area contributed by atoms with Gasteiger partial charge in [0.1, 0.15) is 5.82 Å². The highest BCUT2D eigenvalue weighted by Crippen LogP contribution is 2.28. The Kier molecular flexibility index (Phi) is 2.95. The normalized spacial score (nSPS) is 10.7. The third kappa shape index (κ3) is 2.03. The van der Waals surface area contributed by atoms with E-state index in [1.165, 1.54) is 12.1 Å². The van der Waals surface area contributed by atoms with Gasteiger partial charge in [-0.15, -0.1) is 0 Å². The van der Waals surface area contributed by atoms with E-state index in [1.807, 2.05) is 11.5 Å². The Balaban J connectivity index is 2.21. The quantitative estimate of drug-likeness (QED) is 0.777. The average Bonchev–Trinajstić information content (AvgIpc) is 2.91. The van der Waals surface area contributed by atoms with Crippen LogP contribution >= 0.6 is 0 Å². The van der Waals surface area contributed by atoms with Crippen LogP contribution in [0.2, 0.25) is 0 Å². The molecule has 0 bridgehead atoms. The number of pyridine rings is 1. The first kappa shape index (κ1) is 12.3. The second-order valence-corrected chi connectivity index (χ2v) is 4.54. The summed E-state index contributed by atoms with van der Waals surface area (Å²) >= 11 is 0. The summed E-state index contributed by atoms with van der Waals surface area (Å²) in [5.41, 5.74) is 9.82. The molecule has 0 atom stereocenters. The van der Waals surface area contributed by atoms with Gasteiger partial charge in [-0.25, -0.2) is 9.37 Å². The molecule has 20 heavy (non-hydrogen) atoms. The number of nitrogens with two attached hydrogens (primary N) is 1. The van der Waals surface area contributed by atoms with Crippen molar-refractivity contribution < 1.29 is 4.39 Å². The number of anilines is 1. The third-order valence-electron chi connectivity index (χ3n) is 3.20. The lowest BCUT2D eigenvalue weighted by atomic mass is 10.1. The molecular formula is C15H13FN4. The zero-order chi connectivity index (χ0) is 14.1. The van der Waals surface area contributed by atoms with Gasteiger partial charge in [-0.1, -0.05) is 6.07 Å². The minimum absolute atomic E-state index is 0.288. The minimum Gasteiger partial charge on any atom is -0.398 e. The van der Waals surface area contributed by atoms with Gasteiger partial charge in [0.15, 0.2) is 0 Å². The Bertz CT molecular complexity index is 764. The lowest BCUT2D eigenvalue weighted by Crippen LogP contribution is -2.00. The van der Waals surface area contributed by atoms with Gasteiger partial charge in [0, 0.05) is 23.6 Å². The van der Waals surface area contributed by atoms with Gasteiger partial charge in [0.05, 0.1) is 23.9 Å². The van der Waals surface area contributed by atoms with Gasteiger partial charge >= 0.3 is 0 Å². The molecule has 1 aromatic carbocycles. The second-order valence-electron chi connectivity index (χ2n) is 4.54. The Hall–Kier alpha value is -2.69. The molecule has 3 aromatic rings. The van der Waals surface area contributed by atoms with Crippen molar-refractivity contribution in [1.82, 2.24) is 14.5 Å². The van der Waals surface area contributed by atoms with Crippen molar-refractivity contribution in [2.45, 2.75) is 6.92 Å². The van der Waals surface area contributed by atoms with Gasteiger partial charge in [0.2, 0.25) is 0 Å². The van der Waals surface area contributed by atoms with E-state index in [4.69, 9.17) is 5.73 Å². The molecule has 0 radical (unpaired) electrons. The van der Waals surface area contributed by atoms with Gasteiger partial charge in [-0.05, 0) is 30.7 Å². The first-order valence-corrected chi connectivity index (χ1v) is 6.15. The maximum atomic E-state index is 13.5. The summed E-state index contributed by atoms with van der Waals surface area (Å²) in [6, 6.07) is 6.38. The van der Waals surface area contributed by atoms with Crippen molar-refractivity contribution in [1.29, 1.82) is 0 Å². The highest BCUT2D eigenvalue weighted by molar-refractivity contribution is 5.74.